The molecule has 0 bridgehead atoms. The third-order valence-electron chi connectivity index (χ3n) is 2.98. The summed E-state index contributed by atoms with van der Waals surface area (Å²) in [4.78, 5) is 23.5. The van der Waals surface area contributed by atoms with Crippen LogP contribution in [0.15, 0.2) is 29.0 Å². The Morgan fingerprint density at radius 3 is 2.50 bits per heavy atom. The smallest absolute Gasteiger partial charge is 0.310 e. The molecule has 0 radical (unpaired) electrons. The molecule has 5 nitrogen and oxygen atoms in total. The van der Waals surface area contributed by atoms with E-state index in [0.29, 0.717) is 5.56 Å². The molecule has 0 spiro atoms. The first-order chi connectivity index (χ1) is 9.41. The van der Waals surface area contributed by atoms with Crippen LogP contribution >= 0.6 is 11.3 Å². The third-order valence-corrected chi connectivity index (χ3v) is 3.66. The highest BCUT2D eigenvalue weighted by Crippen LogP contribution is 2.34. The number of hydrogen-bond donors (Lipinski definition) is 3. The second-order valence-corrected chi connectivity index (χ2v) is 5.11. The van der Waals surface area contributed by atoms with Gasteiger partial charge in [-0.3, -0.25) is 9.59 Å². The van der Waals surface area contributed by atoms with Crippen molar-refractivity contribution in [3.8, 4) is 11.5 Å². The second kappa shape index (κ2) is 5.34. The molecule has 104 valence electrons. The number of aliphatic carboxylic acids is 1. The monoisotopic (exact) mass is 292 g/mol. The molecule has 0 aliphatic heterocycles. The predicted molar refractivity (Wildman–Crippen MR) is 73.6 cm³/mol. The fourth-order valence-corrected chi connectivity index (χ4v) is 2.53. The van der Waals surface area contributed by atoms with Gasteiger partial charge in [0.1, 0.15) is 11.5 Å². The lowest BCUT2D eigenvalue weighted by molar-refractivity contribution is -0.138. The number of rotatable bonds is 4. The number of ketones is 1. The van der Waals surface area contributed by atoms with Crippen molar-refractivity contribution in [1.82, 2.24) is 0 Å². The number of benzene rings is 1. The van der Waals surface area contributed by atoms with Crippen LogP contribution in [-0.4, -0.2) is 27.1 Å². The van der Waals surface area contributed by atoms with E-state index >= 15 is 0 Å². The van der Waals surface area contributed by atoms with E-state index in [0.717, 1.165) is 6.07 Å². The van der Waals surface area contributed by atoms with Crippen LogP contribution in [0.2, 0.25) is 0 Å². The van der Waals surface area contributed by atoms with Crippen molar-refractivity contribution < 1.29 is 24.9 Å². The van der Waals surface area contributed by atoms with Crippen molar-refractivity contribution in [3.05, 3.63) is 45.6 Å². The summed E-state index contributed by atoms with van der Waals surface area (Å²) in [5, 5.41) is 31.8. The highest BCUT2D eigenvalue weighted by atomic mass is 32.1. The van der Waals surface area contributed by atoms with Gasteiger partial charge in [0.05, 0.1) is 11.5 Å². The minimum atomic E-state index is -1.14. The van der Waals surface area contributed by atoms with E-state index in [1.807, 2.05) is 0 Å². The van der Waals surface area contributed by atoms with E-state index in [4.69, 9.17) is 5.11 Å². The maximum absolute atomic E-state index is 12.4. The number of carboxylic acids is 1. The lowest BCUT2D eigenvalue weighted by Gasteiger charge is -2.14. The van der Waals surface area contributed by atoms with E-state index in [-0.39, 0.29) is 16.9 Å². The SMILES string of the molecule is CC(C(=O)O)c1cc(O)cc(O)c1C(=O)c1ccsc1. The number of phenols is 2. The standard InChI is InChI=1S/C14H12O5S/c1-7(14(18)19)10-4-9(15)5-11(16)12(10)13(17)8-2-3-20-6-8/h2-7,15-16H,1H3,(H,18,19). The van der Waals surface area contributed by atoms with Gasteiger partial charge < -0.3 is 15.3 Å². The minimum absolute atomic E-state index is 0.0869. The lowest BCUT2D eigenvalue weighted by atomic mass is 9.91. The maximum Gasteiger partial charge on any atom is 0.310 e. The topological polar surface area (TPSA) is 94.8 Å². The Hall–Kier alpha value is -2.34. The van der Waals surface area contributed by atoms with Crippen molar-refractivity contribution in [3.63, 3.8) is 0 Å². The normalized spacial score (nSPS) is 12.1. The molecule has 20 heavy (non-hydrogen) atoms. The Morgan fingerprint density at radius 1 is 1.25 bits per heavy atom. The highest BCUT2D eigenvalue weighted by Gasteiger charge is 2.26. The van der Waals surface area contributed by atoms with Crippen molar-refractivity contribution in [2.24, 2.45) is 0 Å². The van der Waals surface area contributed by atoms with Crippen LogP contribution in [0, 0.1) is 0 Å². The van der Waals surface area contributed by atoms with Gasteiger partial charge in [-0.25, -0.2) is 0 Å². The highest BCUT2D eigenvalue weighted by molar-refractivity contribution is 7.08. The molecular weight excluding hydrogens is 280 g/mol. The molecule has 3 N–H and O–H groups in total. The second-order valence-electron chi connectivity index (χ2n) is 4.33. The fourth-order valence-electron chi connectivity index (χ4n) is 1.89. The molecule has 6 heteroatoms. The molecule has 0 saturated heterocycles. The van der Waals surface area contributed by atoms with Crippen LogP contribution in [0.4, 0.5) is 0 Å². The number of hydrogen-bond acceptors (Lipinski definition) is 5. The van der Waals surface area contributed by atoms with Gasteiger partial charge in [-0.1, -0.05) is 0 Å². The van der Waals surface area contributed by atoms with Gasteiger partial charge in [0.2, 0.25) is 0 Å². The van der Waals surface area contributed by atoms with E-state index in [1.54, 1.807) is 16.8 Å². The summed E-state index contributed by atoms with van der Waals surface area (Å²) < 4.78 is 0. The van der Waals surface area contributed by atoms with Crippen molar-refractivity contribution in [1.29, 1.82) is 0 Å². The summed E-state index contributed by atoms with van der Waals surface area (Å²) in [6.07, 6.45) is 0. The largest absolute Gasteiger partial charge is 0.508 e. The van der Waals surface area contributed by atoms with E-state index in [1.165, 1.54) is 24.3 Å². The fraction of sp³-hybridized carbons (Fsp3) is 0.143. The van der Waals surface area contributed by atoms with Crippen LogP contribution in [0.1, 0.15) is 34.3 Å². The van der Waals surface area contributed by atoms with Gasteiger partial charge in [-0.05, 0) is 30.0 Å². The summed E-state index contributed by atoms with van der Waals surface area (Å²) in [5.41, 5.74) is 0.372. The Kier molecular flexibility index (Phi) is 3.76. The van der Waals surface area contributed by atoms with E-state index < -0.39 is 23.4 Å². The molecule has 0 saturated carbocycles. The van der Waals surface area contributed by atoms with Crippen molar-refractivity contribution in [2.45, 2.75) is 12.8 Å². The van der Waals surface area contributed by atoms with Crippen molar-refractivity contribution in [2.75, 3.05) is 0 Å². The molecule has 2 aromatic rings. The summed E-state index contributed by atoms with van der Waals surface area (Å²) in [5.74, 6) is -3.34. The first kappa shape index (κ1) is 14.1. The van der Waals surface area contributed by atoms with Crippen LogP contribution < -0.4 is 0 Å². The summed E-state index contributed by atoms with van der Waals surface area (Å²) >= 11 is 1.32. The molecular formula is C14H12O5S. The number of aromatic hydroxyl groups is 2. The number of carbonyl (C=O) groups is 2. The maximum atomic E-state index is 12.4. The Balaban J connectivity index is 2.62. The van der Waals surface area contributed by atoms with Crippen LogP contribution in [0.5, 0.6) is 11.5 Å². The summed E-state index contributed by atoms with van der Waals surface area (Å²) in [7, 11) is 0. The summed E-state index contributed by atoms with van der Waals surface area (Å²) in [6.45, 7) is 1.39. The lowest BCUT2D eigenvalue weighted by Crippen LogP contribution is -2.13. The van der Waals surface area contributed by atoms with Gasteiger partial charge in [-0.2, -0.15) is 11.3 Å². The van der Waals surface area contributed by atoms with E-state index in [9.17, 15) is 19.8 Å². The minimum Gasteiger partial charge on any atom is -0.508 e. The molecule has 0 fully saturated rings. The molecule has 1 aromatic heterocycles. The van der Waals surface area contributed by atoms with Gasteiger partial charge in [-0.15, -0.1) is 0 Å². The molecule has 1 aromatic carbocycles. The van der Waals surface area contributed by atoms with Crippen LogP contribution in [-0.2, 0) is 4.79 Å². The number of carboxylic acid groups (broad SMARTS) is 1. The molecule has 0 aliphatic rings. The molecule has 0 aliphatic carbocycles. The first-order valence-corrected chi connectivity index (χ1v) is 6.71. The van der Waals surface area contributed by atoms with Crippen LogP contribution in [0.3, 0.4) is 0 Å². The van der Waals surface area contributed by atoms with E-state index in [2.05, 4.69) is 0 Å². The van der Waals surface area contributed by atoms with Crippen molar-refractivity contribution >= 4 is 23.1 Å². The average Bonchev–Trinajstić information content (AvgIpc) is 2.89. The zero-order chi connectivity index (χ0) is 14.9. The number of carbonyl (C=O) groups excluding carboxylic acids is 1. The van der Waals surface area contributed by atoms with Gasteiger partial charge in [0, 0.05) is 17.0 Å². The Labute approximate surface area is 118 Å². The zero-order valence-corrected chi connectivity index (χ0v) is 11.3. The molecule has 0 amide bonds. The average molecular weight is 292 g/mol. The number of phenolic OH excluding ortho intramolecular Hbond substituents is 2. The predicted octanol–water partition coefficient (Wildman–Crippen LogP) is 2.58. The number of thiophene rings is 1. The third kappa shape index (κ3) is 2.50. The van der Waals surface area contributed by atoms with Crippen LogP contribution in [0.25, 0.3) is 0 Å². The zero-order valence-electron chi connectivity index (χ0n) is 10.5. The first-order valence-electron chi connectivity index (χ1n) is 5.77. The molecule has 2 rings (SSSR count). The quantitative estimate of drug-likeness (QED) is 0.753. The Bertz CT molecular complexity index is 660. The van der Waals surface area contributed by atoms with Gasteiger partial charge >= 0.3 is 5.97 Å². The Morgan fingerprint density at radius 2 is 1.95 bits per heavy atom. The van der Waals surface area contributed by atoms with Gasteiger partial charge in [0.25, 0.3) is 0 Å². The van der Waals surface area contributed by atoms with Gasteiger partial charge in [0.15, 0.2) is 5.78 Å². The summed E-state index contributed by atoms with van der Waals surface area (Å²) in [6, 6.07) is 3.81. The molecule has 1 atom stereocenters. The molecule has 1 heterocycles. The molecule has 1 unspecified atom stereocenters.